The highest BCUT2D eigenvalue weighted by molar-refractivity contribution is 6.00. The van der Waals surface area contributed by atoms with Gasteiger partial charge in [-0.25, -0.2) is 9.78 Å². The molecule has 5 rings (SSSR count). The quantitative estimate of drug-likeness (QED) is 0.742. The molecule has 7 heteroatoms. The first-order valence-electron chi connectivity index (χ1n) is 9.57. The van der Waals surface area contributed by atoms with E-state index in [2.05, 4.69) is 15.0 Å². The fourth-order valence-electron chi connectivity index (χ4n) is 4.77. The second-order valence-electron chi connectivity index (χ2n) is 7.62. The van der Waals surface area contributed by atoms with Gasteiger partial charge in [0, 0.05) is 30.6 Å². The van der Waals surface area contributed by atoms with Crippen LogP contribution in [-0.4, -0.2) is 43.4 Å². The van der Waals surface area contributed by atoms with E-state index in [0.29, 0.717) is 6.54 Å². The molecule has 0 bridgehead atoms. The Hall–Kier alpha value is -2.57. The Kier molecular flexibility index (Phi) is 3.62. The Morgan fingerprint density at radius 3 is 2.88 bits per heavy atom. The maximum atomic E-state index is 12.9. The molecule has 2 N–H and O–H groups in total. The minimum Gasteiger partial charge on any atom is -0.346 e. The number of nitrogens with one attached hydrogen (secondary N) is 2. The van der Waals surface area contributed by atoms with Gasteiger partial charge in [-0.3, -0.25) is 9.36 Å². The van der Waals surface area contributed by atoms with Gasteiger partial charge in [0.05, 0.1) is 23.3 Å². The number of aromatic amines is 2. The number of hydrogen-bond donors (Lipinski definition) is 2. The lowest BCUT2D eigenvalue weighted by atomic mass is 10.0. The number of rotatable bonds is 2. The minimum atomic E-state index is -0.115. The summed E-state index contributed by atoms with van der Waals surface area (Å²) in [5.41, 5.74) is 2.30. The molecule has 0 spiro atoms. The van der Waals surface area contributed by atoms with E-state index in [1.165, 1.54) is 0 Å². The number of carbonyl (C=O) groups is 1. The van der Waals surface area contributed by atoms with Crippen molar-refractivity contribution in [1.29, 1.82) is 0 Å². The summed E-state index contributed by atoms with van der Waals surface area (Å²) in [6, 6.07) is 1.97. The standard InChI is InChI=1S/C19H23N5O2/c25-18(12-4-1-2-5-12)23-9-3-6-13(11-23)24-16-14-7-8-20-17(14)21-10-15(16)22-19(24)26/h7-8,10,12-13H,1-6,9,11H2,(H,20,21)(H,22,26)/t13-/m1/s1. The van der Waals surface area contributed by atoms with Crippen molar-refractivity contribution in [3.8, 4) is 0 Å². The first kappa shape index (κ1) is 15.7. The van der Waals surface area contributed by atoms with Crippen LogP contribution in [-0.2, 0) is 4.79 Å². The van der Waals surface area contributed by atoms with Gasteiger partial charge in [-0.1, -0.05) is 12.8 Å². The predicted molar refractivity (Wildman–Crippen MR) is 99.0 cm³/mol. The maximum Gasteiger partial charge on any atom is 0.326 e. The molecule has 1 saturated heterocycles. The minimum absolute atomic E-state index is 0.0100. The number of carbonyl (C=O) groups excluding carboxylic acids is 1. The SMILES string of the molecule is O=C(C1CCCC1)N1CCC[C@@H](n2c(=O)[nH]c3cnc4[nH]ccc4c32)C1. The van der Waals surface area contributed by atoms with E-state index in [4.69, 9.17) is 0 Å². The van der Waals surface area contributed by atoms with Crippen LogP contribution >= 0.6 is 0 Å². The average Bonchev–Trinajstić information content (AvgIpc) is 3.39. The smallest absolute Gasteiger partial charge is 0.326 e. The van der Waals surface area contributed by atoms with Gasteiger partial charge in [0.1, 0.15) is 5.65 Å². The van der Waals surface area contributed by atoms with Crippen LogP contribution in [0.15, 0.2) is 23.3 Å². The number of aromatic nitrogens is 4. The van der Waals surface area contributed by atoms with E-state index >= 15 is 0 Å². The zero-order valence-corrected chi connectivity index (χ0v) is 14.7. The molecule has 3 aromatic heterocycles. The van der Waals surface area contributed by atoms with Crippen LogP contribution in [0.4, 0.5) is 0 Å². The molecular formula is C19H23N5O2. The average molecular weight is 353 g/mol. The van der Waals surface area contributed by atoms with Crippen LogP contribution in [0.3, 0.4) is 0 Å². The topological polar surface area (TPSA) is 86.8 Å². The Morgan fingerprint density at radius 1 is 1.19 bits per heavy atom. The third-order valence-electron chi connectivity index (χ3n) is 6.04. The van der Waals surface area contributed by atoms with Gasteiger partial charge in [-0.2, -0.15) is 0 Å². The first-order valence-corrected chi connectivity index (χ1v) is 9.57. The van der Waals surface area contributed by atoms with Crippen molar-refractivity contribution < 1.29 is 4.79 Å². The zero-order chi connectivity index (χ0) is 17.7. The van der Waals surface area contributed by atoms with Gasteiger partial charge in [0.2, 0.25) is 5.91 Å². The molecule has 1 atom stereocenters. The summed E-state index contributed by atoms with van der Waals surface area (Å²) in [6.45, 7) is 1.43. The second-order valence-corrected chi connectivity index (χ2v) is 7.62. The fraction of sp³-hybridized carbons (Fsp3) is 0.526. The van der Waals surface area contributed by atoms with Crippen LogP contribution in [0.5, 0.6) is 0 Å². The summed E-state index contributed by atoms with van der Waals surface area (Å²) < 4.78 is 1.85. The van der Waals surface area contributed by atoms with Crippen molar-refractivity contribution in [1.82, 2.24) is 24.4 Å². The molecule has 2 aliphatic rings. The highest BCUT2D eigenvalue weighted by Gasteiger charge is 2.32. The molecule has 0 unspecified atom stereocenters. The van der Waals surface area contributed by atoms with E-state index in [1.807, 2.05) is 21.7 Å². The Labute approximate surface area is 150 Å². The van der Waals surface area contributed by atoms with Gasteiger partial charge in [-0.15, -0.1) is 0 Å². The number of amides is 1. The van der Waals surface area contributed by atoms with E-state index in [1.54, 1.807) is 6.20 Å². The summed E-state index contributed by atoms with van der Waals surface area (Å²) in [6.07, 6.45) is 9.75. The van der Waals surface area contributed by atoms with Gasteiger partial charge >= 0.3 is 5.69 Å². The number of piperidine rings is 1. The maximum absolute atomic E-state index is 12.9. The Morgan fingerprint density at radius 2 is 2.04 bits per heavy atom. The number of likely N-dealkylation sites (tertiary alicyclic amines) is 1. The van der Waals surface area contributed by atoms with Crippen molar-refractivity contribution in [3.05, 3.63) is 28.9 Å². The summed E-state index contributed by atoms with van der Waals surface area (Å²) in [4.78, 5) is 37.9. The molecule has 0 aromatic carbocycles. The van der Waals surface area contributed by atoms with Crippen molar-refractivity contribution in [2.24, 2.45) is 5.92 Å². The van der Waals surface area contributed by atoms with Crippen LogP contribution < -0.4 is 5.69 Å². The molecule has 4 heterocycles. The number of nitrogens with zero attached hydrogens (tertiary/aromatic N) is 3. The third-order valence-corrected chi connectivity index (χ3v) is 6.04. The number of fused-ring (bicyclic) bond motifs is 3. The molecule has 136 valence electrons. The Balaban J connectivity index is 1.53. The van der Waals surface area contributed by atoms with Gasteiger partial charge in [-0.05, 0) is 31.7 Å². The lowest BCUT2D eigenvalue weighted by molar-refractivity contribution is -0.137. The molecule has 1 amide bonds. The van der Waals surface area contributed by atoms with Crippen molar-refractivity contribution in [2.75, 3.05) is 13.1 Å². The summed E-state index contributed by atoms with van der Waals surface area (Å²) >= 11 is 0. The van der Waals surface area contributed by atoms with Gasteiger partial charge < -0.3 is 14.9 Å². The van der Waals surface area contributed by atoms with Crippen LogP contribution in [0.1, 0.15) is 44.6 Å². The molecule has 3 aromatic rings. The number of pyridine rings is 1. The number of H-pyrrole nitrogens is 2. The van der Waals surface area contributed by atoms with Gasteiger partial charge in [0.25, 0.3) is 0 Å². The normalized spacial score (nSPS) is 21.8. The van der Waals surface area contributed by atoms with E-state index in [9.17, 15) is 9.59 Å². The third kappa shape index (κ3) is 2.37. The van der Waals surface area contributed by atoms with Crippen molar-refractivity contribution in [2.45, 2.75) is 44.6 Å². The van der Waals surface area contributed by atoms with Crippen molar-refractivity contribution in [3.63, 3.8) is 0 Å². The largest absolute Gasteiger partial charge is 0.346 e. The molecule has 2 fully saturated rings. The molecular weight excluding hydrogens is 330 g/mol. The molecule has 26 heavy (non-hydrogen) atoms. The summed E-state index contributed by atoms with van der Waals surface area (Å²) in [5, 5.41) is 0.945. The monoisotopic (exact) mass is 353 g/mol. The van der Waals surface area contributed by atoms with E-state index in [-0.39, 0.29) is 23.6 Å². The number of imidazole rings is 1. The molecule has 1 aliphatic heterocycles. The van der Waals surface area contributed by atoms with Gasteiger partial charge in [0.15, 0.2) is 0 Å². The fourth-order valence-corrected chi connectivity index (χ4v) is 4.77. The highest BCUT2D eigenvalue weighted by Crippen LogP contribution is 2.31. The summed E-state index contributed by atoms with van der Waals surface area (Å²) in [7, 11) is 0. The number of hydrogen-bond acceptors (Lipinski definition) is 3. The van der Waals surface area contributed by atoms with Crippen LogP contribution in [0, 0.1) is 5.92 Å². The van der Waals surface area contributed by atoms with Crippen LogP contribution in [0.25, 0.3) is 22.1 Å². The molecule has 7 nitrogen and oxygen atoms in total. The molecule has 1 saturated carbocycles. The molecule has 0 radical (unpaired) electrons. The lowest BCUT2D eigenvalue weighted by Crippen LogP contribution is -2.44. The highest BCUT2D eigenvalue weighted by atomic mass is 16.2. The van der Waals surface area contributed by atoms with E-state index < -0.39 is 0 Å². The molecule has 1 aliphatic carbocycles. The zero-order valence-electron chi connectivity index (χ0n) is 14.7. The van der Waals surface area contributed by atoms with Crippen molar-refractivity contribution >= 4 is 28.0 Å². The second kappa shape index (κ2) is 6.00. The lowest BCUT2D eigenvalue weighted by Gasteiger charge is -2.35. The predicted octanol–water partition coefficient (Wildman–Crippen LogP) is 2.56. The Bertz CT molecular complexity index is 1020. The first-order chi connectivity index (χ1) is 12.7. The summed E-state index contributed by atoms with van der Waals surface area (Å²) in [5.74, 6) is 0.475. The van der Waals surface area contributed by atoms with Crippen LogP contribution in [0.2, 0.25) is 0 Å². The van der Waals surface area contributed by atoms with E-state index in [0.717, 1.165) is 67.1 Å².